The average Bonchev–Trinajstić information content (AvgIpc) is 2.42. The van der Waals surface area contributed by atoms with Crippen molar-refractivity contribution < 1.29 is 14.2 Å². The first-order valence-electron chi connectivity index (χ1n) is 6.34. The summed E-state index contributed by atoms with van der Waals surface area (Å²) < 4.78 is 18.9. The molecule has 0 aromatic heterocycles. The molecule has 1 atom stereocenters. The topological polar surface area (TPSA) is 29.5 Å². The molecule has 2 rings (SSSR count). The molecule has 0 aliphatic carbocycles. The fourth-order valence-corrected chi connectivity index (χ4v) is 2.23. The van der Waals surface area contributed by atoms with E-state index in [4.69, 9.17) is 16.3 Å². The van der Waals surface area contributed by atoms with Crippen molar-refractivity contribution >= 4 is 11.6 Å². The van der Waals surface area contributed by atoms with Crippen LogP contribution < -0.4 is 4.74 Å². The molecule has 0 saturated carbocycles. The maximum Gasteiger partial charge on any atom is 0.165 e. The highest BCUT2D eigenvalue weighted by molar-refractivity contribution is 6.17. The third-order valence-corrected chi connectivity index (χ3v) is 3.31. The summed E-state index contributed by atoms with van der Waals surface area (Å²) in [6, 6.07) is 13.1. The second-order valence-corrected chi connectivity index (χ2v) is 5.15. The average molecular weight is 295 g/mol. The molecule has 0 bridgehead atoms. The zero-order valence-electron chi connectivity index (χ0n) is 11.1. The van der Waals surface area contributed by atoms with Crippen LogP contribution in [0.5, 0.6) is 11.5 Å². The van der Waals surface area contributed by atoms with Crippen LogP contribution in [0.15, 0.2) is 48.5 Å². The van der Waals surface area contributed by atoms with E-state index in [0.29, 0.717) is 18.1 Å². The highest BCUT2D eigenvalue weighted by Crippen LogP contribution is 2.29. The number of aliphatic hydroxyl groups is 1. The minimum Gasteiger partial charge on any atom is -0.454 e. The van der Waals surface area contributed by atoms with E-state index in [1.165, 1.54) is 6.07 Å². The van der Waals surface area contributed by atoms with Crippen molar-refractivity contribution in [3.63, 3.8) is 0 Å². The molecule has 2 aromatic carbocycles. The first-order chi connectivity index (χ1) is 9.53. The summed E-state index contributed by atoms with van der Waals surface area (Å²) in [4.78, 5) is 0. The fourth-order valence-electron chi connectivity index (χ4n) is 1.86. The van der Waals surface area contributed by atoms with Gasteiger partial charge in [0, 0.05) is 5.88 Å². The summed E-state index contributed by atoms with van der Waals surface area (Å²) in [6.45, 7) is 1.71. The minimum absolute atomic E-state index is 0.174. The molecule has 1 N–H and O–H groups in total. The molecule has 106 valence electrons. The number of hydrogen-bond acceptors (Lipinski definition) is 2. The molecule has 20 heavy (non-hydrogen) atoms. The van der Waals surface area contributed by atoms with E-state index in [-0.39, 0.29) is 5.75 Å². The van der Waals surface area contributed by atoms with E-state index >= 15 is 0 Å². The Bertz CT molecular complexity index is 567. The van der Waals surface area contributed by atoms with Crippen molar-refractivity contribution in [3.8, 4) is 11.5 Å². The van der Waals surface area contributed by atoms with Crippen molar-refractivity contribution in [1.82, 2.24) is 0 Å². The molecule has 0 heterocycles. The Balaban J connectivity index is 2.15. The molecular weight excluding hydrogens is 279 g/mol. The molecule has 0 saturated heterocycles. The van der Waals surface area contributed by atoms with E-state index < -0.39 is 11.4 Å². The van der Waals surface area contributed by atoms with Crippen LogP contribution in [0.3, 0.4) is 0 Å². The summed E-state index contributed by atoms with van der Waals surface area (Å²) in [5.41, 5.74) is -0.225. The summed E-state index contributed by atoms with van der Waals surface area (Å²) >= 11 is 5.67. The molecule has 2 aromatic rings. The number of rotatable bonds is 5. The molecule has 0 fully saturated rings. The molecule has 0 amide bonds. The standard InChI is InChI=1S/C16H16ClFO2/c1-16(19,10-11-17)12-6-8-13(9-7-12)20-15-5-3-2-4-14(15)18/h2-9,19H,10-11H2,1H3. The highest BCUT2D eigenvalue weighted by Gasteiger charge is 2.22. The maximum absolute atomic E-state index is 13.5. The van der Waals surface area contributed by atoms with Gasteiger partial charge in [-0.2, -0.15) is 0 Å². The van der Waals surface area contributed by atoms with Crippen LogP contribution in [-0.2, 0) is 5.60 Å². The van der Waals surface area contributed by atoms with Gasteiger partial charge >= 0.3 is 0 Å². The molecule has 0 radical (unpaired) electrons. The molecule has 0 aliphatic heterocycles. The number of ether oxygens (including phenoxy) is 1. The van der Waals surface area contributed by atoms with Crippen LogP contribution in [0, 0.1) is 5.82 Å². The normalized spacial score (nSPS) is 13.8. The second kappa shape index (κ2) is 6.25. The number of hydrogen-bond donors (Lipinski definition) is 1. The van der Waals surface area contributed by atoms with Crippen LogP contribution in [0.1, 0.15) is 18.9 Å². The second-order valence-electron chi connectivity index (χ2n) is 4.77. The van der Waals surface area contributed by atoms with Gasteiger partial charge in [-0.25, -0.2) is 4.39 Å². The predicted octanol–water partition coefficient (Wildman–Crippen LogP) is 4.45. The summed E-state index contributed by atoms with van der Waals surface area (Å²) in [5.74, 6) is 0.652. The van der Waals surface area contributed by atoms with E-state index in [1.54, 1.807) is 49.4 Å². The first-order valence-corrected chi connectivity index (χ1v) is 6.87. The van der Waals surface area contributed by atoms with Gasteiger partial charge in [0.15, 0.2) is 11.6 Å². The summed E-state index contributed by atoms with van der Waals surface area (Å²) in [5, 5.41) is 10.2. The lowest BCUT2D eigenvalue weighted by Gasteiger charge is -2.22. The van der Waals surface area contributed by atoms with E-state index in [2.05, 4.69) is 0 Å². The number of benzene rings is 2. The largest absolute Gasteiger partial charge is 0.454 e. The van der Waals surface area contributed by atoms with Crippen molar-refractivity contribution in [2.24, 2.45) is 0 Å². The summed E-state index contributed by atoms with van der Waals surface area (Å²) in [6.07, 6.45) is 0.460. The van der Waals surface area contributed by atoms with Crippen molar-refractivity contribution in [2.45, 2.75) is 18.9 Å². The number of halogens is 2. The van der Waals surface area contributed by atoms with E-state index in [1.807, 2.05) is 0 Å². The van der Waals surface area contributed by atoms with Gasteiger partial charge in [-0.1, -0.05) is 24.3 Å². The fraction of sp³-hybridized carbons (Fsp3) is 0.250. The van der Waals surface area contributed by atoms with Gasteiger partial charge < -0.3 is 9.84 Å². The molecule has 0 aliphatic rings. The van der Waals surface area contributed by atoms with Gasteiger partial charge in [0.25, 0.3) is 0 Å². The van der Waals surface area contributed by atoms with Gasteiger partial charge in [-0.3, -0.25) is 0 Å². The molecule has 1 unspecified atom stereocenters. The van der Waals surface area contributed by atoms with Crippen molar-refractivity contribution in [1.29, 1.82) is 0 Å². The Labute approximate surface area is 122 Å². The SMILES string of the molecule is CC(O)(CCCl)c1ccc(Oc2ccccc2F)cc1. The zero-order valence-corrected chi connectivity index (χ0v) is 11.9. The third-order valence-electron chi connectivity index (χ3n) is 3.12. The van der Waals surface area contributed by atoms with Gasteiger partial charge in [-0.15, -0.1) is 11.6 Å². The highest BCUT2D eigenvalue weighted by atomic mass is 35.5. The zero-order chi connectivity index (χ0) is 14.6. The molecule has 2 nitrogen and oxygen atoms in total. The van der Waals surface area contributed by atoms with Gasteiger partial charge in [0.2, 0.25) is 0 Å². The lowest BCUT2D eigenvalue weighted by atomic mass is 9.93. The monoisotopic (exact) mass is 294 g/mol. The predicted molar refractivity (Wildman–Crippen MR) is 77.8 cm³/mol. The molecular formula is C16H16ClFO2. The Hall–Kier alpha value is -1.58. The Morgan fingerprint density at radius 2 is 1.80 bits per heavy atom. The summed E-state index contributed by atoms with van der Waals surface area (Å²) in [7, 11) is 0. The number of alkyl halides is 1. The lowest BCUT2D eigenvalue weighted by Crippen LogP contribution is -2.21. The smallest absolute Gasteiger partial charge is 0.165 e. The van der Waals surface area contributed by atoms with Crippen molar-refractivity contribution in [3.05, 3.63) is 59.9 Å². The Kier molecular flexibility index (Phi) is 4.63. The molecule has 4 heteroatoms. The Morgan fingerprint density at radius 1 is 1.15 bits per heavy atom. The van der Waals surface area contributed by atoms with Crippen LogP contribution in [0.4, 0.5) is 4.39 Å². The third kappa shape index (κ3) is 3.50. The van der Waals surface area contributed by atoms with E-state index in [0.717, 1.165) is 5.56 Å². The van der Waals surface area contributed by atoms with Crippen LogP contribution in [-0.4, -0.2) is 11.0 Å². The van der Waals surface area contributed by atoms with Crippen LogP contribution >= 0.6 is 11.6 Å². The molecule has 0 spiro atoms. The van der Waals surface area contributed by atoms with Crippen molar-refractivity contribution in [2.75, 3.05) is 5.88 Å². The Morgan fingerprint density at radius 3 is 2.40 bits per heavy atom. The quantitative estimate of drug-likeness (QED) is 0.825. The van der Waals surface area contributed by atoms with Gasteiger partial charge in [0.1, 0.15) is 5.75 Å². The maximum atomic E-state index is 13.5. The van der Waals surface area contributed by atoms with Gasteiger partial charge in [0.05, 0.1) is 5.60 Å². The first kappa shape index (κ1) is 14.8. The van der Waals surface area contributed by atoms with E-state index in [9.17, 15) is 9.50 Å². The minimum atomic E-state index is -0.974. The van der Waals surface area contributed by atoms with Crippen LogP contribution in [0.2, 0.25) is 0 Å². The van der Waals surface area contributed by atoms with Crippen LogP contribution in [0.25, 0.3) is 0 Å². The number of para-hydroxylation sites is 1. The van der Waals surface area contributed by atoms with Gasteiger partial charge in [-0.05, 0) is 43.2 Å². The lowest BCUT2D eigenvalue weighted by molar-refractivity contribution is 0.0540.